The Morgan fingerprint density at radius 3 is 2.58 bits per heavy atom. The zero-order chi connectivity index (χ0) is 37.7. The van der Waals surface area contributed by atoms with Gasteiger partial charge in [-0.1, -0.05) is 0 Å². The SMILES string of the molecule is COc1ccc(CNc2ncnc3c2c(-c2ccn(C)n2)cn3[C@@H]2O[C@H](C(=O)N[C@H]3CCCN(C(=O)OC(C)(C)C)C3)[C@H]3OC(C)(C)O[C@H]32)c(OC)c1. The van der Waals surface area contributed by atoms with Gasteiger partial charge in [-0.15, -0.1) is 0 Å². The van der Waals surface area contributed by atoms with Crippen LogP contribution in [-0.2, 0) is 37.3 Å². The largest absolute Gasteiger partial charge is 0.497 e. The Morgan fingerprint density at radius 2 is 1.87 bits per heavy atom. The lowest BCUT2D eigenvalue weighted by atomic mass is 10.0. The molecule has 284 valence electrons. The number of carbonyl (C=O) groups is 2. The van der Waals surface area contributed by atoms with E-state index in [0.717, 1.165) is 17.5 Å². The van der Waals surface area contributed by atoms with E-state index in [1.165, 1.54) is 6.33 Å². The number of aryl methyl sites for hydroxylation is 1. The number of nitrogens with one attached hydrogen (secondary N) is 2. The average Bonchev–Trinajstić information content (AvgIpc) is 3.87. The van der Waals surface area contributed by atoms with Crippen LogP contribution in [0.3, 0.4) is 0 Å². The van der Waals surface area contributed by atoms with Gasteiger partial charge in [0.2, 0.25) is 0 Å². The van der Waals surface area contributed by atoms with Crippen molar-refractivity contribution in [3.63, 3.8) is 0 Å². The van der Waals surface area contributed by atoms with Crippen molar-refractivity contribution in [2.45, 2.75) is 96.0 Å². The van der Waals surface area contributed by atoms with Crippen molar-refractivity contribution in [3.8, 4) is 22.8 Å². The van der Waals surface area contributed by atoms with Gasteiger partial charge in [0.05, 0.1) is 25.3 Å². The maximum absolute atomic E-state index is 14.0. The Hall–Kier alpha value is -4.93. The molecule has 0 radical (unpaired) electrons. The van der Waals surface area contributed by atoms with Crippen LogP contribution in [0.15, 0.2) is 43.0 Å². The van der Waals surface area contributed by atoms with Crippen molar-refractivity contribution in [1.29, 1.82) is 0 Å². The van der Waals surface area contributed by atoms with E-state index in [-0.39, 0.29) is 11.9 Å². The fraction of sp³-hybridized carbons (Fsp3) is 0.541. The van der Waals surface area contributed by atoms with Gasteiger partial charge in [-0.05, 0) is 65.7 Å². The van der Waals surface area contributed by atoms with Gasteiger partial charge >= 0.3 is 6.09 Å². The van der Waals surface area contributed by atoms with Crippen LogP contribution in [0, 0.1) is 0 Å². The zero-order valence-electron chi connectivity index (χ0n) is 31.4. The number of aromatic nitrogens is 5. The molecule has 1 aromatic carbocycles. The predicted molar refractivity (Wildman–Crippen MR) is 193 cm³/mol. The first-order chi connectivity index (χ1) is 25.2. The van der Waals surface area contributed by atoms with Crippen LogP contribution in [0.4, 0.5) is 10.6 Å². The number of benzene rings is 1. The van der Waals surface area contributed by atoms with Crippen molar-refractivity contribution < 1.29 is 38.0 Å². The Kier molecular flexibility index (Phi) is 9.72. The highest BCUT2D eigenvalue weighted by Gasteiger charge is 2.58. The number of methoxy groups -OCH3 is 2. The lowest BCUT2D eigenvalue weighted by Gasteiger charge is -2.35. The predicted octanol–water partition coefficient (Wildman–Crippen LogP) is 4.39. The Labute approximate surface area is 308 Å². The van der Waals surface area contributed by atoms with Gasteiger partial charge in [0, 0.05) is 62.3 Å². The smallest absolute Gasteiger partial charge is 0.410 e. The van der Waals surface area contributed by atoms with E-state index < -0.39 is 42.0 Å². The van der Waals surface area contributed by atoms with Crippen molar-refractivity contribution in [2.75, 3.05) is 32.6 Å². The number of hydrogen-bond donors (Lipinski definition) is 2. The molecule has 5 atom stereocenters. The minimum atomic E-state index is -0.999. The number of amides is 2. The first kappa shape index (κ1) is 36.4. The van der Waals surface area contributed by atoms with Crippen molar-refractivity contribution in [1.82, 2.24) is 34.5 Å². The molecule has 0 unspecified atom stereocenters. The summed E-state index contributed by atoms with van der Waals surface area (Å²) in [5.74, 6) is 0.624. The number of rotatable bonds is 9. The van der Waals surface area contributed by atoms with Gasteiger partial charge in [-0.25, -0.2) is 14.8 Å². The molecule has 6 heterocycles. The quantitative estimate of drug-likeness (QED) is 0.250. The minimum Gasteiger partial charge on any atom is -0.497 e. The van der Waals surface area contributed by atoms with Gasteiger partial charge < -0.3 is 48.5 Å². The van der Waals surface area contributed by atoms with E-state index in [0.29, 0.717) is 60.1 Å². The Morgan fingerprint density at radius 1 is 1.08 bits per heavy atom. The van der Waals surface area contributed by atoms with E-state index in [9.17, 15) is 9.59 Å². The number of carbonyl (C=O) groups excluding carboxylic acids is 2. The first-order valence-corrected chi connectivity index (χ1v) is 17.8. The molecule has 3 aliphatic rings. The van der Waals surface area contributed by atoms with E-state index in [4.69, 9.17) is 38.5 Å². The highest BCUT2D eigenvalue weighted by Crippen LogP contribution is 2.46. The van der Waals surface area contributed by atoms with E-state index >= 15 is 0 Å². The third kappa shape index (κ3) is 7.48. The summed E-state index contributed by atoms with van der Waals surface area (Å²) in [5, 5.41) is 12.0. The molecule has 16 heteroatoms. The first-order valence-electron chi connectivity index (χ1n) is 17.8. The van der Waals surface area contributed by atoms with Gasteiger partial charge in [0.25, 0.3) is 5.91 Å². The zero-order valence-corrected chi connectivity index (χ0v) is 31.4. The van der Waals surface area contributed by atoms with Gasteiger partial charge in [-0.2, -0.15) is 5.10 Å². The molecule has 0 saturated carbocycles. The van der Waals surface area contributed by atoms with Gasteiger partial charge in [-0.3, -0.25) is 9.48 Å². The second-order valence-corrected chi connectivity index (χ2v) is 15.1. The molecule has 0 bridgehead atoms. The highest BCUT2D eigenvalue weighted by molar-refractivity contribution is 6.00. The summed E-state index contributed by atoms with van der Waals surface area (Å²) >= 11 is 0. The Balaban J connectivity index is 1.19. The second-order valence-electron chi connectivity index (χ2n) is 15.1. The van der Waals surface area contributed by atoms with Gasteiger partial charge in [0.1, 0.15) is 47.1 Å². The van der Waals surface area contributed by atoms with Gasteiger partial charge in [0.15, 0.2) is 18.1 Å². The average molecular weight is 733 g/mol. The summed E-state index contributed by atoms with van der Waals surface area (Å²) in [7, 11) is 5.08. The summed E-state index contributed by atoms with van der Waals surface area (Å²) in [4.78, 5) is 37.9. The molecule has 53 heavy (non-hydrogen) atoms. The molecule has 2 N–H and O–H groups in total. The summed E-state index contributed by atoms with van der Waals surface area (Å²) in [6.45, 7) is 10.4. The summed E-state index contributed by atoms with van der Waals surface area (Å²) < 4.78 is 39.6. The number of anilines is 1. The van der Waals surface area contributed by atoms with Crippen LogP contribution < -0.4 is 20.1 Å². The fourth-order valence-corrected chi connectivity index (χ4v) is 7.23. The van der Waals surface area contributed by atoms with Crippen LogP contribution >= 0.6 is 0 Å². The van der Waals surface area contributed by atoms with Crippen LogP contribution in [0.5, 0.6) is 11.5 Å². The van der Waals surface area contributed by atoms with Crippen LogP contribution in [0.2, 0.25) is 0 Å². The van der Waals surface area contributed by atoms with Crippen molar-refractivity contribution in [2.24, 2.45) is 7.05 Å². The monoisotopic (exact) mass is 732 g/mol. The third-order valence-electron chi connectivity index (χ3n) is 9.52. The molecule has 3 fully saturated rings. The number of nitrogens with zero attached hydrogens (tertiary/aromatic N) is 6. The van der Waals surface area contributed by atoms with Crippen LogP contribution in [0.1, 0.15) is 59.3 Å². The highest BCUT2D eigenvalue weighted by atomic mass is 16.8. The lowest BCUT2D eigenvalue weighted by molar-refractivity contribution is -0.197. The van der Waals surface area contributed by atoms with Crippen molar-refractivity contribution >= 4 is 28.9 Å². The van der Waals surface area contributed by atoms with E-state index in [1.807, 2.05) is 82.9 Å². The summed E-state index contributed by atoms with van der Waals surface area (Å²) in [6.07, 6.45) is 3.17. The molecule has 16 nitrogen and oxygen atoms in total. The Bertz CT molecular complexity index is 1990. The fourth-order valence-electron chi connectivity index (χ4n) is 7.23. The molecule has 3 aliphatic heterocycles. The number of likely N-dealkylation sites (tertiary alicyclic amines) is 1. The molecular weight excluding hydrogens is 684 g/mol. The second kappa shape index (κ2) is 14.1. The van der Waals surface area contributed by atoms with Crippen LogP contribution in [-0.4, -0.2) is 104 Å². The topological polar surface area (TPSA) is 165 Å². The minimum absolute atomic E-state index is 0.283. The molecule has 3 aromatic heterocycles. The third-order valence-corrected chi connectivity index (χ3v) is 9.52. The van der Waals surface area contributed by atoms with Crippen molar-refractivity contribution in [3.05, 3.63) is 48.5 Å². The normalized spacial score (nSPS) is 23.8. The molecule has 0 spiro atoms. The van der Waals surface area contributed by atoms with Crippen LogP contribution in [0.25, 0.3) is 22.3 Å². The number of ether oxygens (including phenoxy) is 6. The molecule has 4 aromatic rings. The molecule has 3 saturated heterocycles. The summed E-state index contributed by atoms with van der Waals surface area (Å²) in [5.41, 5.74) is 2.31. The maximum Gasteiger partial charge on any atom is 0.410 e. The molecular formula is C37H48N8O8. The molecule has 0 aliphatic carbocycles. The maximum atomic E-state index is 14.0. The molecule has 2 amide bonds. The van der Waals surface area contributed by atoms with E-state index in [2.05, 4.69) is 15.6 Å². The summed E-state index contributed by atoms with van der Waals surface area (Å²) in [6, 6.07) is 7.28. The number of fused-ring (bicyclic) bond motifs is 2. The number of hydrogen-bond acceptors (Lipinski definition) is 12. The lowest BCUT2D eigenvalue weighted by Crippen LogP contribution is -2.53. The molecule has 7 rings (SSSR count). The van der Waals surface area contributed by atoms with E-state index in [1.54, 1.807) is 23.8 Å². The number of piperidine rings is 1. The standard InChI is InChI=1S/C37H48N8O8/c1-36(2,3)53-35(47)44-14-9-10-22(18-44)41-33(46)29-28-30(52-37(4,5)51-28)34(50-29)45-19-24(25-13-15-43(6)42-25)27-31(39-20-40-32(27)45)38-17-21-11-12-23(48-7)16-26(21)49-8/h11-13,15-16,19-20,22,28-30,34H,9-10,14,17-18H2,1-8H3,(H,41,46)(H,38,39,40)/t22-,28+,29-,30+,34+/m0/s1.